The first kappa shape index (κ1) is 17.8. The Kier molecular flexibility index (Phi) is 5.29. The summed E-state index contributed by atoms with van der Waals surface area (Å²) in [5, 5.41) is 10.5. The van der Waals surface area contributed by atoms with Crippen molar-refractivity contribution >= 4 is 17.4 Å². The first-order valence-corrected chi connectivity index (χ1v) is 9.19. The zero-order valence-corrected chi connectivity index (χ0v) is 15.4. The maximum Gasteiger partial charge on any atom is 0.166 e. The Labute approximate surface area is 154 Å². The van der Waals surface area contributed by atoms with Crippen molar-refractivity contribution in [2.24, 2.45) is 0 Å². The molecule has 0 amide bonds. The molecule has 1 N–H and O–H groups in total. The predicted molar refractivity (Wildman–Crippen MR) is 104 cm³/mol. The number of phenolic OH excluding ortho intramolecular Hbond substituents is 1. The van der Waals surface area contributed by atoms with Crippen molar-refractivity contribution in [2.75, 3.05) is 0 Å². The summed E-state index contributed by atoms with van der Waals surface area (Å²) in [5.74, 6) is 0.344. The Morgan fingerprint density at radius 3 is 2.52 bits per heavy atom. The number of Topliss-reactive ketones (excluding diaryl/α,β-unsaturated/α-hetero) is 1. The fourth-order valence-electron chi connectivity index (χ4n) is 3.41. The van der Waals surface area contributed by atoms with E-state index in [-0.39, 0.29) is 22.1 Å². The van der Waals surface area contributed by atoms with Gasteiger partial charge in [-0.3, -0.25) is 4.79 Å². The van der Waals surface area contributed by atoms with Crippen LogP contribution < -0.4 is 0 Å². The molecule has 25 heavy (non-hydrogen) atoms. The molecule has 3 heteroatoms. The summed E-state index contributed by atoms with van der Waals surface area (Å²) in [7, 11) is 0. The van der Waals surface area contributed by atoms with Gasteiger partial charge >= 0.3 is 0 Å². The second kappa shape index (κ2) is 7.45. The van der Waals surface area contributed by atoms with E-state index >= 15 is 0 Å². The molecule has 0 spiro atoms. The third-order valence-electron chi connectivity index (χ3n) is 5.07. The standard InChI is InChI=1S/C22H23ClO2/c1-3-20(24)19-13-12-18(21(23)22(19)25)17-10-8-16(9-11-17)15-6-4-14(2)5-7-15/h4,8-13,15,25H,3,5-7H2,1-2H3. The molecule has 2 nitrogen and oxygen atoms in total. The predicted octanol–water partition coefficient (Wildman–Crippen LogP) is 6.52. The van der Waals surface area contributed by atoms with Gasteiger partial charge in [0.1, 0.15) is 5.75 Å². The molecule has 3 rings (SSSR count). The second-order valence-corrected chi connectivity index (χ2v) is 7.12. The smallest absolute Gasteiger partial charge is 0.166 e. The van der Waals surface area contributed by atoms with Crippen LogP contribution in [0.3, 0.4) is 0 Å². The Balaban J connectivity index is 1.88. The van der Waals surface area contributed by atoms with Crippen LogP contribution >= 0.6 is 11.6 Å². The zero-order chi connectivity index (χ0) is 18.0. The molecule has 1 aliphatic carbocycles. The van der Waals surface area contributed by atoms with Crippen LogP contribution in [0.15, 0.2) is 48.0 Å². The molecule has 0 saturated heterocycles. The first-order valence-electron chi connectivity index (χ1n) is 8.82. The van der Waals surface area contributed by atoms with Crippen LogP contribution in [0.2, 0.25) is 5.02 Å². The molecule has 0 aliphatic heterocycles. The summed E-state index contributed by atoms with van der Waals surface area (Å²) in [6, 6.07) is 11.8. The molecule has 2 aromatic carbocycles. The Hall–Kier alpha value is -2.06. The second-order valence-electron chi connectivity index (χ2n) is 6.74. The summed E-state index contributed by atoms with van der Waals surface area (Å²) in [6.07, 6.45) is 6.13. The quantitative estimate of drug-likeness (QED) is 0.501. The van der Waals surface area contributed by atoms with E-state index in [1.54, 1.807) is 13.0 Å². The number of carbonyl (C=O) groups is 1. The minimum Gasteiger partial charge on any atom is -0.506 e. The van der Waals surface area contributed by atoms with Crippen LogP contribution in [0.4, 0.5) is 0 Å². The van der Waals surface area contributed by atoms with Gasteiger partial charge in [0, 0.05) is 12.0 Å². The Morgan fingerprint density at radius 1 is 1.20 bits per heavy atom. The van der Waals surface area contributed by atoms with E-state index in [1.165, 1.54) is 24.0 Å². The number of carbonyl (C=O) groups excluding carboxylic acids is 1. The van der Waals surface area contributed by atoms with E-state index in [9.17, 15) is 9.90 Å². The van der Waals surface area contributed by atoms with Gasteiger partial charge in [0.25, 0.3) is 0 Å². The molecule has 2 aromatic rings. The lowest BCUT2D eigenvalue weighted by Crippen LogP contribution is -2.03. The SMILES string of the molecule is CCC(=O)c1ccc(-c2ccc(C3CC=C(C)CC3)cc2)c(Cl)c1O. The van der Waals surface area contributed by atoms with Crippen molar-refractivity contribution in [1.82, 2.24) is 0 Å². The highest BCUT2D eigenvalue weighted by molar-refractivity contribution is 6.35. The number of benzene rings is 2. The lowest BCUT2D eigenvalue weighted by molar-refractivity contribution is 0.0985. The molecule has 1 aliphatic rings. The average molecular weight is 355 g/mol. The highest BCUT2D eigenvalue weighted by Crippen LogP contribution is 2.39. The zero-order valence-electron chi connectivity index (χ0n) is 14.7. The van der Waals surface area contributed by atoms with Crippen molar-refractivity contribution < 1.29 is 9.90 Å². The van der Waals surface area contributed by atoms with Crippen LogP contribution in [-0.4, -0.2) is 10.9 Å². The number of ketones is 1. The van der Waals surface area contributed by atoms with Crippen LogP contribution in [0, 0.1) is 0 Å². The van der Waals surface area contributed by atoms with Gasteiger partial charge in [0.2, 0.25) is 0 Å². The molecule has 0 fully saturated rings. The summed E-state index contributed by atoms with van der Waals surface area (Å²) < 4.78 is 0. The molecular formula is C22H23ClO2. The number of rotatable bonds is 4. The van der Waals surface area contributed by atoms with Gasteiger partial charge in [-0.2, -0.15) is 0 Å². The van der Waals surface area contributed by atoms with Gasteiger partial charge in [-0.1, -0.05) is 60.5 Å². The van der Waals surface area contributed by atoms with Crippen molar-refractivity contribution in [2.45, 2.75) is 45.4 Å². The summed E-state index contributed by atoms with van der Waals surface area (Å²) >= 11 is 6.33. The molecular weight excluding hydrogens is 332 g/mol. The normalized spacial score (nSPS) is 17.2. The molecule has 0 heterocycles. The van der Waals surface area contributed by atoms with Crippen LogP contribution in [0.25, 0.3) is 11.1 Å². The summed E-state index contributed by atoms with van der Waals surface area (Å²) in [4.78, 5) is 11.9. The number of hydrogen-bond acceptors (Lipinski definition) is 2. The monoisotopic (exact) mass is 354 g/mol. The topological polar surface area (TPSA) is 37.3 Å². The van der Waals surface area contributed by atoms with Crippen LogP contribution in [0.1, 0.15) is 61.4 Å². The van der Waals surface area contributed by atoms with Gasteiger partial charge in [0.15, 0.2) is 5.78 Å². The fourth-order valence-corrected chi connectivity index (χ4v) is 3.68. The molecule has 1 atom stereocenters. The Morgan fingerprint density at radius 2 is 1.92 bits per heavy atom. The highest BCUT2D eigenvalue weighted by Gasteiger charge is 2.18. The largest absolute Gasteiger partial charge is 0.506 e. The van der Waals surface area contributed by atoms with Gasteiger partial charge in [0.05, 0.1) is 10.6 Å². The van der Waals surface area contributed by atoms with Gasteiger partial charge in [-0.25, -0.2) is 0 Å². The minimum absolute atomic E-state index is 0.109. The van der Waals surface area contributed by atoms with Crippen LogP contribution in [-0.2, 0) is 0 Å². The number of aromatic hydroxyl groups is 1. The van der Waals surface area contributed by atoms with Crippen molar-refractivity contribution in [3.8, 4) is 16.9 Å². The van der Waals surface area contributed by atoms with E-state index in [0.29, 0.717) is 12.3 Å². The van der Waals surface area contributed by atoms with Gasteiger partial charge in [-0.05, 0) is 49.3 Å². The first-order chi connectivity index (χ1) is 12.0. The Bertz CT molecular complexity index is 819. The van der Waals surface area contributed by atoms with Crippen molar-refractivity contribution in [1.29, 1.82) is 0 Å². The summed E-state index contributed by atoms with van der Waals surface area (Å²) in [6.45, 7) is 3.96. The maximum absolute atomic E-state index is 11.9. The van der Waals surface area contributed by atoms with Crippen molar-refractivity contribution in [3.05, 3.63) is 64.2 Å². The van der Waals surface area contributed by atoms with E-state index in [4.69, 9.17) is 11.6 Å². The lowest BCUT2D eigenvalue weighted by Gasteiger charge is -2.21. The molecule has 0 radical (unpaired) electrons. The van der Waals surface area contributed by atoms with E-state index < -0.39 is 0 Å². The number of halogens is 1. The third-order valence-corrected chi connectivity index (χ3v) is 5.45. The average Bonchev–Trinajstić information content (AvgIpc) is 2.64. The fraction of sp³-hybridized carbons (Fsp3) is 0.318. The third kappa shape index (κ3) is 3.64. The highest BCUT2D eigenvalue weighted by atomic mass is 35.5. The molecule has 130 valence electrons. The van der Waals surface area contributed by atoms with E-state index in [1.807, 2.05) is 18.2 Å². The summed E-state index contributed by atoms with van der Waals surface area (Å²) in [5.41, 5.74) is 4.81. The lowest BCUT2D eigenvalue weighted by atomic mass is 9.84. The van der Waals surface area contributed by atoms with Gasteiger partial charge < -0.3 is 5.11 Å². The number of allylic oxidation sites excluding steroid dienone is 2. The molecule has 1 unspecified atom stereocenters. The minimum atomic E-state index is -0.122. The molecule has 0 bridgehead atoms. The van der Waals surface area contributed by atoms with Gasteiger partial charge in [-0.15, -0.1) is 0 Å². The van der Waals surface area contributed by atoms with Crippen molar-refractivity contribution in [3.63, 3.8) is 0 Å². The molecule has 0 aromatic heterocycles. The van der Waals surface area contributed by atoms with E-state index in [0.717, 1.165) is 17.5 Å². The molecule has 0 saturated carbocycles. The maximum atomic E-state index is 11.9. The van der Waals surface area contributed by atoms with Crippen LogP contribution in [0.5, 0.6) is 5.75 Å². The number of hydrogen-bond donors (Lipinski definition) is 1. The van der Waals surface area contributed by atoms with E-state index in [2.05, 4.69) is 25.1 Å². The number of phenols is 1.